The molecule has 0 atom stereocenters. The van der Waals surface area contributed by atoms with Gasteiger partial charge in [0.25, 0.3) is 0 Å². The summed E-state index contributed by atoms with van der Waals surface area (Å²) in [4.78, 5) is 11.3. The molecule has 0 saturated carbocycles. The molecule has 0 N–H and O–H groups in total. The summed E-state index contributed by atoms with van der Waals surface area (Å²) in [5.74, 6) is -0.531. The summed E-state index contributed by atoms with van der Waals surface area (Å²) < 4.78 is 6.47. The van der Waals surface area contributed by atoms with E-state index < -0.39 is 5.97 Å². The van der Waals surface area contributed by atoms with Gasteiger partial charge in [-0.25, -0.2) is 4.79 Å². The molecule has 5 nitrogen and oxygen atoms in total. The zero-order valence-corrected chi connectivity index (χ0v) is 9.33. The summed E-state index contributed by atoms with van der Waals surface area (Å²) in [6.45, 7) is 1.99. The average molecular weight is 258 g/mol. The van der Waals surface area contributed by atoms with Crippen molar-refractivity contribution < 1.29 is 9.53 Å². The number of aryl methyl sites for hydroxylation is 1. The Labute approximate surface area is 89.4 Å². The Morgan fingerprint density at radius 1 is 1.79 bits per heavy atom. The monoisotopic (exact) mass is 257 g/mol. The Morgan fingerprint density at radius 3 is 2.86 bits per heavy atom. The van der Waals surface area contributed by atoms with Crippen LogP contribution in [0.1, 0.15) is 23.1 Å². The van der Waals surface area contributed by atoms with Gasteiger partial charge in [0.05, 0.1) is 11.1 Å². The highest BCUT2D eigenvalue weighted by atomic mass is 79.9. The number of carbonyl (C=O) groups excluding carboxylic acids is 1. The molecule has 0 unspecified atom stereocenters. The second kappa shape index (κ2) is 4.24. The van der Waals surface area contributed by atoms with E-state index in [1.165, 1.54) is 4.68 Å². The molecule has 1 aromatic rings. The lowest BCUT2D eigenvalue weighted by atomic mass is 10.4. The smallest absolute Gasteiger partial charge is 0.360 e. The number of nitriles is 1. The van der Waals surface area contributed by atoms with Gasteiger partial charge in [-0.2, -0.15) is 10.4 Å². The molecule has 74 valence electrons. The Kier molecular flexibility index (Phi) is 3.25. The molecule has 14 heavy (non-hydrogen) atoms. The third kappa shape index (κ3) is 1.77. The van der Waals surface area contributed by atoms with Crippen molar-refractivity contribution in [1.82, 2.24) is 9.78 Å². The molecule has 0 aliphatic heterocycles. The van der Waals surface area contributed by atoms with Crippen molar-refractivity contribution in [3.8, 4) is 6.07 Å². The van der Waals surface area contributed by atoms with Crippen molar-refractivity contribution in [2.24, 2.45) is 7.05 Å². The zero-order valence-electron chi connectivity index (χ0n) is 7.74. The predicted octanol–water partition coefficient (Wildman–Crippen LogP) is 1.23. The topological polar surface area (TPSA) is 67.9 Å². The van der Waals surface area contributed by atoms with Gasteiger partial charge >= 0.3 is 5.97 Å². The molecule has 0 saturated heterocycles. The number of carbonyl (C=O) groups is 1. The molecule has 0 aromatic carbocycles. The van der Waals surface area contributed by atoms with Crippen LogP contribution in [0.3, 0.4) is 0 Å². The minimum Gasteiger partial charge on any atom is -0.461 e. The SMILES string of the molecule is CCOC(=O)c1nn(C)c(C#N)c1Br. The van der Waals surface area contributed by atoms with Gasteiger partial charge in [-0.05, 0) is 22.9 Å². The molecule has 1 rings (SSSR count). The van der Waals surface area contributed by atoms with Gasteiger partial charge in [-0.3, -0.25) is 4.68 Å². The first-order valence-electron chi connectivity index (χ1n) is 3.91. The van der Waals surface area contributed by atoms with Crippen molar-refractivity contribution in [1.29, 1.82) is 5.26 Å². The molecule has 0 radical (unpaired) electrons. The van der Waals surface area contributed by atoms with Crippen LogP contribution in [0.2, 0.25) is 0 Å². The number of ether oxygens (including phenoxy) is 1. The van der Waals surface area contributed by atoms with E-state index in [0.29, 0.717) is 10.2 Å². The molecule has 1 aromatic heterocycles. The lowest BCUT2D eigenvalue weighted by Gasteiger charge is -1.96. The second-order valence-corrected chi connectivity index (χ2v) is 3.26. The molecule has 0 spiro atoms. The van der Waals surface area contributed by atoms with Gasteiger partial charge < -0.3 is 4.74 Å². The van der Waals surface area contributed by atoms with Crippen LogP contribution < -0.4 is 0 Å². The first-order valence-corrected chi connectivity index (χ1v) is 4.70. The number of hydrogen-bond acceptors (Lipinski definition) is 4. The predicted molar refractivity (Wildman–Crippen MR) is 51.6 cm³/mol. The van der Waals surface area contributed by atoms with Gasteiger partial charge in [-0.15, -0.1) is 0 Å². The highest BCUT2D eigenvalue weighted by Crippen LogP contribution is 2.20. The Morgan fingerprint density at radius 2 is 2.43 bits per heavy atom. The number of esters is 1. The number of rotatable bonds is 2. The van der Waals surface area contributed by atoms with Gasteiger partial charge in [0.2, 0.25) is 0 Å². The normalized spacial score (nSPS) is 9.57. The van der Waals surface area contributed by atoms with E-state index in [-0.39, 0.29) is 12.3 Å². The van der Waals surface area contributed by atoms with Gasteiger partial charge in [-0.1, -0.05) is 0 Å². The van der Waals surface area contributed by atoms with Crippen LogP contribution in [0, 0.1) is 11.3 Å². The Balaban J connectivity index is 3.13. The summed E-state index contributed by atoms with van der Waals surface area (Å²) in [6, 6.07) is 1.93. The molecule has 0 amide bonds. The molecule has 1 heterocycles. The summed E-state index contributed by atoms with van der Waals surface area (Å²) in [5, 5.41) is 12.6. The van der Waals surface area contributed by atoms with E-state index in [4.69, 9.17) is 10.00 Å². The van der Waals surface area contributed by atoms with E-state index in [1.807, 2.05) is 6.07 Å². The number of aromatic nitrogens is 2. The third-order valence-electron chi connectivity index (χ3n) is 1.56. The second-order valence-electron chi connectivity index (χ2n) is 2.47. The van der Waals surface area contributed by atoms with E-state index in [1.54, 1.807) is 14.0 Å². The van der Waals surface area contributed by atoms with Crippen molar-refractivity contribution in [3.05, 3.63) is 15.9 Å². The van der Waals surface area contributed by atoms with Gasteiger partial charge in [0.15, 0.2) is 11.4 Å². The molecule has 0 aliphatic carbocycles. The van der Waals surface area contributed by atoms with Crippen LogP contribution in [0.15, 0.2) is 4.47 Å². The molecular weight excluding hydrogens is 250 g/mol. The number of hydrogen-bond donors (Lipinski definition) is 0. The fourth-order valence-corrected chi connectivity index (χ4v) is 1.54. The van der Waals surface area contributed by atoms with E-state index in [9.17, 15) is 4.79 Å². The Hall–Kier alpha value is -1.35. The van der Waals surface area contributed by atoms with Crippen molar-refractivity contribution in [2.45, 2.75) is 6.92 Å². The quantitative estimate of drug-likeness (QED) is 0.748. The minimum absolute atomic E-state index is 0.130. The van der Waals surface area contributed by atoms with Crippen LogP contribution in [-0.4, -0.2) is 22.4 Å². The maximum absolute atomic E-state index is 11.3. The van der Waals surface area contributed by atoms with Crippen molar-refractivity contribution >= 4 is 21.9 Å². The lowest BCUT2D eigenvalue weighted by Crippen LogP contribution is -2.06. The van der Waals surface area contributed by atoms with E-state index in [2.05, 4.69) is 21.0 Å². The van der Waals surface area contributed by atoms with Gasteiger partial charge in [0, 0.05) is 7.05 Å². The molecule has 0 aliphatic rings. The van der Waals surface area contributed by atoms with Crippen LogP contribution in [0.25, 0.3) is 0 Å². The van der Waals surface area contributed by atoms with E-state index >= 15 is 0 Å². The largest absolute Gasteiger partial charge is 0.461 e. The van der Waals surface area contributed by atoms with Crippen molar-refractivity contribution in [3.63, 3.8) is 0 Å². The number of halogens is 1. The van der Waals surface area contributed by atoms with Crippen LogP contribution in [-0.2, 0) is 11.8 Å². The lowest BCUT2D eigenvalue weighted by molar-refractivity contribution is 0.0517. The Bertz CT molecular complexity index is 405. The van der Waals surface area contributed by atoms with Crippen LogP contribution in [0.4, 0.5) is 0 Å². The first kappa shape index (κ1) is 10.7. The molecular formula is C8H8BrN3O2. The summed E-state index contributed by atoms with van der Waals surface area (Å²) in [7, 11) is 1.59. The highest BCUT2D eigenvalue weighted by molar-refractivity contribution is 9.10. The van der Waals surface area contributed by atoms with Crippen molar-refractivity contribution in [2.75, 3.05) is 6.61 Å². The fourth-order valence-electron chi connectivity index (χ4n) is 0.949. The van der Waals surface area contributed by atoms with Crippen LogP contribution >= 0.6 is 15.9 Å². The van der Waals surface area contributed by atoms with Gasteiger partial charge in [0.1, 0.15) is 6.07 Å². The minimum atomic E-state index is -0.531. The highest BCUT2D eigenvalue weighted by Gasteiger charge is 2.20. The fraction of sp³-hybridized carbons (Fsp3) is 0.375. The standard InChI is InChI=1S/C8H8BrN3O2/c1-3-14-8(13)7-6(9)5(4-10)12(2)11-7/h3H2,1-2H3. The summed E-state index contributed by atoms with van der Waals surface area (Å²) in [6.07, 6.45) is 0. The van der Waals surface area contributed by atoms with E-state index in [0.717, 1.165) is 0 Å². The zero-order chi connectivity index (χ0) is 10.7. The van der Waals surface area contributed by atoms with Crippen LogP contribution in [0.5, 0.6) is 0 Å². The maximum atomic E-state index is 11.3. The number of nitrogens with zero attached hydrogens (tertiary/aromatic N) is 3. The molecule has 0 bridgehead atoms. The maximum Gasteiger partial charge on any atom is 0.360 e. The molecule has 6 heteroatoms. The first-order chi connectivity index (χ1) is 6.61. The molecule has 0 fully saturated rings. The average Bonchev–Trinajstić information content (AvgIpc) is 2.42. The third-order valence-corrected chi connectivity index (χ3v) is 2.32. The summed E-state index contributed by atoms with van der Waals surface area (Å²) >= 11 is 3.13. The summed E-state index contributed by atoms with van der Waals surface area (Å²) in [5.41, 5.74) is 0.430.